The van der Waals surface area contributed by atoms with E-state index in [0.717, 1.165) is 25.9 Å². The molecule has 1 fully saturated rings. The minimum Gasteiger partial charge on any atom is -0.480 e. The van der Waals surface area contributed by atoms with Crippen molar-refractivity contribution in [1.82, 2.24) is 15.5 Å². The Bertz CT molecular complexity index is 367. The minimum atomic E-state index is -1.07. The summed E-state index contributed by atoms with van der Waals surface area (Å²) in [6.45, 7) is 4.89. The fourth-order valence-electron chi connectivity index (χ4n) is 2.22. The van der Waals surface area contributed by atoms with Crippen LogP contribution in [0, 0.1) is 0 Å². The Morgan fingerprint density at radius 2 is 1.80 bits per heavy atom. The predicted octanol–water partition coefficient (Wildman–Crippen LogP) is 0.550. The van der Waals surface area contributed by atoms with Gasteiger partial charge in [0, 0.05) is 13.1 Å². The molecule has 1 aliphatic heterocycles. The molecule has 2 atom stereocenters. The van der Waals surface area contributed by atoms with Crippen molar-refractivity contribution in [3.63, 3.8) is 0 Å². The van der Waals surface area contributed by atoms with Crippen LogP contribution < -0.4 is 10.6 Å². The minimum absolute atomic E-state index is 0.125. The Morgan fingerprint density at radius 1 is 1.20 bits per heavy atom. The summed E-state index contributed by atoms with van der Waals surface area (Å²) in [6.07, 6.45) is 2.99. The molecule has 3 amide bonds. The molecule has 1 saturated heterocycles. The zero-order valence-corrected chi connectivity index (χ0v) is 12.0. The van der Waals surface area contributed by atoms with Gasteiger partial charge < -0.3 is 20.6 Å². The number of nitrogens with one attached hydrogen (secondary N) is 2. The molecule has 0 radical (unpaired) electrons. The molecule has 1 aliphatic rings. The first-order chi connectivity index (χ1) is 9.45. The molecule has 3 N–H and O–H groups in total. The van der Waals surface area contributed by atoms with Crippen molar-refractivity contribution < 1.29 is 19.5 Å². The third-order valence-electron chi connectivity index (χ3n) is 3.32. The molecular weight excluding hydrogens is 262 g/mol. The number of hydrogen-bond acceptors (Lipinski definition) is 3. The number of carbonyl (C=O) groups is 3. The van der Waals surface area contributed by atoms with E-state index >= 15 is 0 Å². The van der Waals surface area contributed by atoms with Crippen LogP contribution in [0.25, 0.3) is 0 Å². The van der Waals surface area contributed by atoms with Crippen molar-refractivity contribution in [3.8, 4) is 0 Å². The Kier molecular flexibility index (Phi) is 6.27. The molecule has 0 bridgehead atoms. The lowest BCUT2D eigenvalue weighted by Gasteiger charge is -2.22. The lowest BCUT2D eigenvalue weighted by Crippen LogP contribution is -2.52. The van der Waals surface area contributed by atoms with Crippen molar-refractivity contribution >= 4 is 17.9 Å². The first kappa shape index (κ1) is 16.3. The summed E-state index contributed by atoms with van der Waals surface area (Å²) in [5, 5.41) is 13.8. The maximum atomic E-state index is 12.0. The number of aliphatic carboxylic acids is 1. The fourth-order valence-corrected chi connectivity index (χ4v) is 2.22. The number of amides is 3. The molecule has 0 saturated carbocycles. The molecule has 0 spiro atoms. The molecule has 0 aliphatic carbocycles. The summed E-state index contributed by atoms with van der Waals surface area (Å²) in [5.74, 6) is -1.19. The van der Waals surface area contributed by atoms with Crippen LogP contribution in [0.4, 0.5) is 4.79 Å². The summed E-state index contributed by atoms with van der Waals surface area (Å²) < 4.78 is 0. The van der Waals surface area contributed by atoms with Crippen molar-refractivity contribution in [3.05, 3.63) is 0 Å². The number of nitrogens with zero attached hydrogens (tertiary/aromatic N) is 1. The molecule has 1 heterocycles. The molecule has 0 aromatic carbocycles. The van der Waals surface area contributed by atoms with Crippen LogP contribution in [-0.4, -0.2) is 53.1 Å². The molecule has 0 aromatic rings. The number of rotatable bonds is 6. The Morgan fingerprint density at radius 3 is 2.30 bits per heavy atom. The maximum absolute atomic E-state index is 12.0. The van der Waals surface area contributed by atoms with Crippen LogP contribution in [0.1, 0.15) is 39.5 Å². The van der Waals surface area contributed by atoms with Gasteiger partial charge in [-0.05, 0) is 26.2 Å². The highest BCUT2D eigenvalue weighted by Crippen LogP contribution is 2.08. The second-order valence-corrected chi connectivity index (χ2v) is 5.05. The van der Waals surface area contributed by atoms with E-state index in [1.807, 2.05) is 6.92 Å². The van der Waals surface area contributed by atoms with Gasteiger partial charge in [-0.25, -0.2) is 9.59 Å². The number of carboxylic acids is 1. The lowest BCUT2D eigenvalue weighted by atomic mass is 10.2. The van der Waals surface area contributed by atoms with Gasteiger partial charge in [-0.15, -0.1) is 0 Å². The number of hydrogen-bond donors (Lipinski definition) is 3. The van der Waals surface area contributed by atoms with E-state index in [0.29, 0.717) is 12.8 Å². The van der Waals surface area contributed by atoms with E-state index in [2.05, 4.69) is 10.6 Å². The number of carbonyl (C=O) groups excluding carboxylic acids is 2. The largest absolute Gasteiger partial charge is 0.480 e. The predicted molar refractivity (Wildman–Crippen MR) is 73.3 cm³/mol. The smallest absolute Gasteiger partial charge is 0.326 e. The topological polar surface area (TPSA) is 98.7 Å². The fraction of sp³-hybridized carbons (Fsp3) is 0.769. The summed E-state index contributed by atoms with van der Waals surface area (Å²) in [4.78, 5) is 36.3. The molecule has 1 unspecified atom stereocenters. The van der Waals surface area contributed by atoms with Gasteiger partial charge in [-0.1, -0.05) is 13.3 Å². The van der Waals surface area contributed by atoms with E-state index < -0.39 is 24.1 Å². The summed E-state index contributed by atoms with van der Waals surface area (Å²) in [7, 11) is 0. The van der Waals surface area contributed by atoms with Gasteiger partial charge >= 0.3 is 12.0 Å². The highest BCUT2D eigenvalue weighted by atomic mass is 16.4. The van der Waals surface area contributed by atoms with E-state index in [1.165, 1.54) is 0 Å². The molecule has 20 heavy (non-hydrogen) atoms. The second-order valence-electron chi connectivity index (χ2n) is 5.05. The normalized spacial score (nSPS) is 17.4. The third kappa shape index (κ3) is 4.71. The molecular formula is C13H23N3O4. The van der Waals surface area contributed by atoms with Crippen molar-refractivity contribution in [2.75, 3.05) is 13.1 Å². The number of urea groups is 1. The van der Waals surface area contributed by atoms with Crippen LogP contribution in [0.2, 0.25) is 0 Å². The molecule has 7 nitrogen and oxygen atoms in total. The van der Waals surface area contributed by atoms with Gasteiger partial charge in [0.15, 0.2) is 0 Å². The summed E-state index contributed by atoms with van der Waals surface area (Å²) in [5.41, 5.74) is 0. The standard InChI is InChI=1S/C13H23N3O4/c1-3-6-10(12(18)19)15-13(20)14-9(2)11(17)16-7-4-5-8-16/h9-10H,3-8H2,1-2H3,(H,18,19)(H2,14,15,20)/t9?,10-/m0/s1. The quantitative estimate of drug-likeness (QED) is 0.663. The molecule has 7 heteroatoms. The zero-order chi connectivity index (χ0) is 15.1. The maximum Gasteiger partial charge on any atom is 0.326 e. The van der Waals surface area contributed by atoms with E-state index in [4.69, 9.17) is 5.11 Å². The second kappa shape index (κ2) is 7.72. The summed E-state index contributed by atoms with van der Waals surface area (Å²) in [6, 6.07) is -2.19. The van der Waals surface area contributed by atoms with E-state index in [-0.39, 0.29) is 5.91 Å². The van der Waals surface area contributed by atoms with Crippen molar-refractivity contribution in [1.29, 1.82) is 0 Å². The van der Waals surface area contributed by atoms with E-state index in [9.17, 15) is 14.4 Å². The highest BCUT2D eigenvalue weighted by molar-refractivity contribution is 5.88. The average molecular weight is 285 g/mol. The van der Waals surface area contributed by atoms with Gasteiger partial charge in [-0.3, -0.25) is 4.79 Å². The van der Waals surface area contributed by atoms with Crippen LogP contribution in [0.15, 0.2) is 0 Å². The van der Waals surface area contributed by atoms with Gasteiger partial charge in [0.1, 0.15) is 12.1 Å². The molecule has 0 aromatic heterocycles. The Hall–Kier alpha value is -1.79. The van der Waals surface area contributed by atoms with Gasteiger partial charge in [0.05, 0.1) is 0 Å². The first-order valence-electron chi connectivity index (χ1n) is 7.04. The molecule has 1 rings (SSSR count). The lowest BCUT2D eigenvalue weighted by molar-refractivity contribution is -0.139. The van der Waals surface area contributed by atoms with Crippen LogP contribution in [0.5, 0.6) is 0 Å². The van der Waals surface area contributed by atoms with Crippen molar-refractivity contribution in [2.45, 2.75) is 51.6 Å². The molecule has 114 valence electrons. The average Bonchev–Trinajstić information content (AvgIpc) is 2.90. The summed E-state index contributed by atoms with van der Waals surface area (Å²) >= 11 is 0. The van der Waals surface area contributed by atoms with Crippen LogP contribution in [-0.2, 0) is 9.59 Å². The Balaban J connectivity index is 2.43. The van der Waals surface area contributed by atoms with E-state index in [1.54, 1.807) is 11.8 Å². The highest BCUT2D eigenvalue weighted by Gasteiger charge is 2.25. The zero-order valence-electron chi connectivity index (χ0n) is 12.0. The Labute approximate surface area is 118 Å². The van der Waals surface area contributed by atoms with Crippen LogP contribution >= 0.6 is 0 Å². The number of likely N-dealkylation sites (tertiary alicyclic amines) is 1. The van der Waals surface area contributed by atoms with Gasteiger partial charge in [0.2, 0.25) is 5.91 Å². The SMILES string of the molecule is CCC[C@H](NC(=O)NC(C)C(=O)N1CCCC1)C(=O)O. The van der Waals surface area contributed by atoms with Crippen molar-refractivity contribution in [2.24, 2.45) is 0 Å². The first-order valence-corrected chi connectivity index (χ1v) is 7.04. The monoisotopic (exact) mass is 285 g/mol. The van der Waals surface area contributed by atoms with Crippen LogP contribution in [0.3, 0.4) is 0 Å². The van der Waals surface area contributed by atoms with Gasteiger partial charge in [-0.2, -0.15) is 0 Å². The van der Waals surface area contributed by atoms with Gasteiger partial charge in [0.25, 0.3) is 0 Å². The third-order valence-corrected chi connectivity index (χ3v) is 3.32. The number of carboxylic acid groups (broad SMARTS) is 1.